The number of hydrogen-bond acceptors (Lipinski definition) is 5. The monoisotopic (exact) mass is 281 g/mol. The van der Waals surface area contributed by atoms with Crippen LogP contribution in [0.15, 0.2) is 47.5 Å². The minimum atomic E-state index is -0.196. The van der Waals surface area contributed by atoms with Gasteiger partial charge in [-0.25, -0.2) is 4.98 Å². The number of rotatable bonds is 4. The van der Waals surface area contributed by atoms with Crippen LogP contribution in [0.25, 0.3) is 10.9 Å². The highest BCUT2D eigenvalue weighted by atomic mass is 16.1. The molecule has 0 amide bonds. The van der Waals surface area contributed by atoms with Crippen LogP contribution in [0.3, 0.4) is 0 Å². The summed E-state index contributed by atoms with van der Waals surface area (Å²) < 4.78 is 0. The fraction of sp³-hybridized carbons (Fsp3) is 0.133. The zero-order valence-electron chi connectivity index (χ0n) is 11.3. The van der Waals surface area contributed by atoms with Crippen LogP contribution in [0.1, 0.15) is 5.56 Å². The summed E-state index contributed by atoms with van der Waals surface area (Å²) in [7, 11) is 0. The number of nitrogens with zero attached hydrogens (tertiary/aromatic N) is 2. The molecule has 0 aliphatic heterocycles. The Balaban J connectivity index is 1.76. The summed E-state index contributed by atoms with van der Waals surface area (Å²) >= 11 is 0. The summed E-state index contributed by atoms with van der Waals surface area (Å²) in [5, 5.41) is 3.62. The third-order valence-corrected chi connectivity index (χ3v) is 3.18. The highest BCUT2D eigenvalue weighted by molar-refractivity contribution is 5.81. The molecule has 2 aromatic heterocycles. The third-order valence-electron chi connectivity index (χ3n) is 3.18. The lowest BCUT2D eigenvalue weighted by Crippen LogP contribution is -2.15. The van der Waals surface area contributed by atoms with Crippen LogP contribution in [0.4, 0.5) is 11.6 Å². The second-order valence-electron chi connectivity index (χ2n) is 4.72. The maximum Gasteiger partial charge on any atom is 0.260 e. The van der Waals surface area contributed by atoms with Crippen molar-refractivity contribution in [3.63, 3.8) is 0 Å². The van der Waals surface area contributed by atoms with E-state index in [0.29, 0.717) is 29.1 Å². The van der Waals surface area contributed by atoms with E-state index < -0.39 is 0 Å². The molecule has 0 aliphatic carbocycles. The Morgan fingerprint density at radius 2 is 2.00 bits per heavy atom. The Morgan fingerprint density at radius 1 is 1.19 bits per heavy atom. The van der Waals surface area contributed by atoms with Gasteiger partial charge in [-0.05, 0) is 42.3 Å². The van der Waals surface area contributed by atoms with Gasteiger partial charge in [-0.1, -0.05) is 0 Å². The number of benzene rings is 1. The summed E-state index contributed by atoms with van der Waals surface area (Å²) in [6.07, 6.45) is 4.35. The first-order chi connectivity index (χ1) is 10.2. The predicted octanol–water partition coefficient (Wildman–Crippen LogP) is 1.55. The van der Waals surface area contributed by atoms with E-state index in [9.17, 15) is 4.79 Å². The Hall–Kier alpha value is -2.89. The van der Waals surface area contributed by atoms with Gasteiger partial charge in [-0.2, -0.15) is 0 Å². The van der Waals surface area contributed by atoms with E-state index in [1.165, 1.54) is 5.56 Å². The van der Waals surface area contributed by atoms with Crippen molar-refractivity contribution in [1.29, 1.82) is 0 Å². The van der Waals surface area contributed by atoms with E-state index in [2.05, 4.69) is 20.3 Å². The third kappa shape index (κ3) is 3.00. The van der Waals surface area contributed by atoms with Crippen molar-refractivity contribution in [3.8, 4) is 0 Å². The number of fused-ring (bicyclic) bond motifs is 1. The van der Waals surface area contributed by atoms with Crippen molar-refractivity contribution < 1.29 is 0 Å². The molecule has 0 saturated heterocycles. The van der Waals surface area contributed by atoms with Crippen molar-refractivity contribution >= 4 is 22.5 Å². The van der Waals surface area contributed by atoms with Crippen LogP contribution in [0, 0.1) is 0 Å². The number of pyridine rings is 1. The predicted molar refractivity (Wildman–Crippen MR) is 83.2 cm³/mol. The Bertz CT molecular complexity index is 813. The summed E-state index contributed by atoms with van der Waals surface area (Å²) in [4.78, 5) is 23.1. The van der Waals surface area contributed by atoms with Gasteiger partial charge in [0.25, 0.3) is 5.56 Å². The Labute approximate surface area is 121 Å². The first-order valence-electron chi connectivity index (χ1n) is 6.65. The molecule has 0 unspecified atom stereocenters. The highest BCUT2D eigenvalue weighted by Gasteiger charge is 2.04. The van der Waals surface area contributed by atoms with Gasteiger partial charge >= 0.3 is 0 Å². The van der Waals surface area contributed by atoms with Crippen molar-refractivity contribution in [2.75, 3.05) is 17.6 Å². The zero-order chi connectivity index (χ0) is 14.7. The molecular formula is C15H15N5O. The average Bonchev–Trinajstić information content (AvgIpc) is 2.49. The van der Waals surface area contributed by atoms with Crippen LogP contribution < -0.4 is 16.6 Å². The fourth-order valence-corrected chi connectivity index (χ4v) is 2.11. The van der Waals surface area contributed by atoms with E-state index in [0.717, 1.165) is 6.42 Å². The van der Waals surface area contributed by atoms with Gasteiger partial charge in [0.15, 0.2) is 0 Å². The summed E-state index contributed by atoms with van der Waals surface area (Å²) in [5.41, 5.74) is 7.83. The van der Waals surface area contributed by atoms with E-state index in [4.69, 9.17) is 5.73 Å². The van der Waals surface area contributed by atoms with Crippen molar-refractivity contribution in [2.24, 2.45) is 0 Å². The van der Waals surface area contributed by atoms with Crippen LogP contribution >= 0.6 is 0 Å². The number of nitrogen functional groups attached to an aromatic ring is 1. The number of anilines is 2. The van der Waals surface area contributed by atoms with E-state index >= 15 is 0 Å². The lowest BCUT2D eigenvalue weighted by molar-refractivity contribution is 0.981. The standard InChI is InChI=1S/C15H15N5O/c16-11-1-2-13-12(9-11)14(21)20-15(19-13)18-8-5-10-3-6-17-7-4-10/h1-4,6-7,9H,5,8,16H2,(H2,18,19,20,21). The molecular weight excluding hydrogens is 266 g/mol. The first-order valence-corrected chi connectivity index (χ1v) is 6.65. The van der Waals surface area contributed by atoms with Crippen LogP contribution in [-0.4, -0.2) is 21.5 Å². The second-order valence-corrected chi connectivity index (χ2v) is 4.72. The highest BCUT2D eigenvalue weighted by Crippen LogP contribution is 2.12. The maximum atomic E-state index is 12.0. The van der Waals surface area contributed by atoms with Gasteiger partial charge < -0.3 is 11.1 Å². The van der Waals surface area contributed by atoms with Crippen molar-refractivity contribution in [3.05, 3.63) is 58.6 Å². The number of nitrogens with two attached hydrogens (primary N) is 1. The van der Waals surface area contributed by atoms with Gasteiger partial charge in [0.2, 0.25) is 5.95 Å². The SMILES string of the molecule is Nc1ccc2nc(NCCc3ccncc3)[nH]c(=O)c2c1. The molecule has 1 aromatic carbocycles. The van der Waals surface area contributed by atoms with Crippen molar-refractivity contribution in [1.82, 2.24) is 15.0 Å². The molecule has 6 heteroatoms. The van der Waals surface area contributed by atoms with Gasteiger partial charge in [0, 0.05) is 24.6 Å². The molecule has 0 bridgehead atoms. The molecule has 3 aromatic rings. The molecule has 0 saturated carbocycles. The number of H-pyrrole nitrogens is 1. The molecule has 0 fully saturated rings. The largest absolute Gasteiger partial charge is 0.399 e. The van der Waals surface area contributed by atoms with E-state index in [1.807, 2.05) is 12.1 Å². The zero-order valence-corrected chi connectivity index (χ0v) is 11.3. The van der Waals surface area contributed by atoms with Crippen LogP contribution in [-0.2, 0) is 6.42 Å². The molecule has 0 atom stereocenters. The lowest BCUT2D eigenvalue weighted by atomic mass is 10.2. The Kier molecular flexibility index (Phi) is 3.51. The van der Waals surface area contributed by atoms with Gasteiger partial charge in [-0.3, -0.25) is 14.8 Å². The van der Waals surface area contributed by atoms with Gasteiger partial charge in [-0.15, -0.1) is 0 Å². The molecule has 3 rings (SSSR count). The quantitative estimate of drug-likeness (QED) is 0.630. The Morgan fingerprint density at radius 3 is 2.81 bits per heavy atom. The number of aromatic amines is 1. The summed E-state index contributed by atoms with van der Waals surface area (Å²) in [6, 6.07) is 9.02. The summed E-state index contributed by atoms with van der Waals surface area (Å²) in [5.74, 6) is 0.464. The van der Waals surface area contributed by atoms with E-state index in [-0.39, 0.29) is 5.56 Å². The van der Waals surface area contributed by atoms with Crippen LogP contribution in [0.5, 0.6) is 0 Å². The molecule has 106 valence electrons. The first kappa shape index (κ1) is 13.1. The molecule has 0 aliphatic rings. The summed E-state index contributed by atoms with van der Waals surface area (Å²) in [6.45, 7) is 0.674. The average molecular weight is 281 g/mol. The van der Waals surface area contributed by atoms with Crippen molar-refractivity contribution in [2.45, 2.75) is 6.42 Å². The number of aromatic nitrogens is 3. The number of hydrogen-bond donors (Lipinski definition) is 3. The normalized spacial score (nSPS) is 10.7. The minimum Gasteiger partial charge on any atom is -0.399 e. The molecule has 21 heavy (non-hydrogen) atoms. The maximum absolute atomic E-state index is 12.0. The lowest BCUT2D eigenvalue weighted by Gasteiger charge is -2.06. The molecule has 0 spiro atoms. The second kappa shape index (κ2) is 5.62. The van der Waals surface area contributed by atoms with Crippen LogP contribution in [0.2, 0.25) is 0 Å². The fourth-order valence-electron chi connectivity index (χ4n) is 2.11. The number of nitrogens with one attached hydrogen (secondary N) is 2. The molecule has 0 radical (unpaired) electrons. The van der Waals surface area contributed by atoms with Gasteiger partial charge in [0.1, 0.15) is 0 Å². The molecule has 2 heterocycles. The topological polar surface area (TPSA) is 96.7 Å². The molecule has 4 N–H and O–H groups in total. The smallest absolute Gasteiger partial charge is 0.260 e. The molecule has 6 nitrogen and oxygen atoms in total. The van der Waals surface area contributed by atoms with E-state index in [1.54, 1.807) is 30.6 Å². The minimum absolute atomic E-state index is 0.196. The van der Waals surface area contributed by atoms with Gasteiger partial charge in [0.05, 0.1) is 10.9 Å².